The zero-order valence-electron chi connectivity index (χ0n) is 13.6. The molecule has 0 atom stereocenters. The lowest BCUT2D eigenvalue weighted by Crippen LogP contribution is -2.07. The van der Waals surface area contributed by atoms with Crippen molar-refractivity contribution in [3.05, 3.63) is 89.5 Å². The Labute approximate surface area is 142 Å². The maximum atomic E-state index is 6.06. The van der Waals surface area contributed by atoms with Crippen LogP contribution in [0.1, 0.15) is 23.1 Å². The van der Waals surface area contributed by atoms with Gasteiger partial charge in [0.15, 0.2) is 0 Å². The molecule has 3 aromatic carbocycles. The fraction of sp³-hybridized carbons (Fsp3) is 0.182. The van der Waals surface area contributed by atoms with Crippen molar-refractivity contribution in [2.75, 3.05) is 6.61 Å². The van der Waals surface area contributed by atoms with Gasteiger partial charge < -0.3 is 9.47 Å². The standard InChI is InChI=1S/C22H20O2/c1-2-8-17(9-3-1)10-7-15-23-21-13-6-14-22-19(21)16-18-11-4-5-12-20(18)24-22/h1-6,8-9,11-14H,7,10,15-16H2. The number of ether oxygens (including phenoxy) is 2. The van der Waals surface area contributed by atoms with Crippen LogP contribution in [0.3, 0.4) is 0 Å². The summed E-state index contributed by atoms with van der Waals surface area (Å²) >= 11 is 0. The highest BCUT2D eigenvalue weighted by molar-refractivity contribution is 5.54. The molecule has 0 spiro atoms. The van der Waals surface area contributed by atoms with E-state index >= 15 is 0 Å². The topological polar surface area (TPSA) is 18.5 Å². The smallest absolute Gasteiger partial charge is 0.134 e. The van der Waals surface area contributed by atoms with Crippen molar-refractivity contribution >= 4 is 0 Å². The van der Waals surface area contributed by atoms with E-state index in [2.05, 4.69) is 36.4 Å². The number of benzene rings is 3. The first-order chi connectivity index (χ1) is 11.9. The number of hydrogen-bond acceptors (Lipinski definition) is 2. The fourth-order valence-corrected chi connectivity index (χ4v) is 3.11. The zero-order chi connectivity index (χ0) is 16.2. The second-order valence-corrected chi connectivity index (χ2v) is 6.06. The van der Waals surface area contributed by atoms with Gasteiger partial charge in [0.1, 0.15) is 17.2 Å². The third kappa shape index (κ3) is 3.13. The molecule has 0 saturated carbocycles. The maximum absolute atomic E-state index is 6.06. The molecule has 120 valence electrons. The molecule has 2 nitrogen and oxygen atoms in total. The Morgan fingerprint density at radius 1 is 0.792 bits per heavy atom. The van der Waals surface area contributed by atoms with Crippen molar-refractivity contribution in [3.63, 3.8) is 0 Å². The number of para-hydroxylation sites is 1. The molecule has 0 amide bonds. The summed E-state index contributed by atoms with van der Waals surface area (Å²) in [5, 5.41) is 0. The predicted molar refractivity (Wildman–Crippen MR) is 96.0 cm³/mol. The highest BCUT2D eigenvalue weighted by Crippen LogP contribution is 2.40. The van der Waals surface area contributed by atoms with Crippen molar-refractivity contribution in [2.24, 2.45) is 0 Å². The molecule has 0 bridgehead atoms. The van der Waals surface area contributed by atoms with Crippen molar-refractivity contribution < 1.29 is 9.47 Å². The molecule has 0 N–H and O–H groups in total. The maximum Gasteiger partial charge on any atom is 0.134 e. The van der Waals surface area contributed by atoms with E-state index in [9.17, 15) is 0 Å². The average Bonchev–Trinajstić information content (AvgIpc) is 2.64. The lowest BCUT2D eigenvalue weighted by Gasteiger charge is -2.22. The van der Waals surface area contributed by atoms with Crippen LogP contribution in [-0.2, 0) is 12.8 Å². The summed E-state index contributed by atoms with van der Waals surface area (Å²) in [4.78, 5) is 0. The Kier molecular flexibility index (Phi) is 4.20. The number of rotatable bonds is 5. The van der Waals surface area contributed by atoms with E-state index < -0.39 is 0 Å². The molecule has 0 fully saturated rings. The van der Waals surface area contributed by atoms with Gasteiger partial charge in [0.25, 0.3) is 0 Å². The first kappa shape index (κ1) is 14.8. The molecule has 1 aliphatic rings. The summed E-state index contributed by atoms with van der Waals surface area (Å²) in [5.74, 6) is 2.80. The second-order valence-electron chi connectivity index (χ2n) is 6.06. The van der Waals surface area contributed by atoms with Crippen molar-refractivity contribution in [1.29, 1.82) is 0 Å². The normalized spacial score (nSPS) is 12.0. The predicted octanol–water partition coefficient (Wildman–Crippen LogP) is 5.39. The summed E-state index contributed by atoms with van der Waals surface area (Å²) in [6, 6.07) is 24.8. The fourth-order valence-electron chi connectivity index (χ4n) is 3.11. The van der Waals surface area contributed by atoms with Crippen molar-refractivity contribution in [1.82, 2.24) is 0 Å². The van der Waals surface area contributed by atoms with Gasteiger partial charge in [-0.05, 0) is 42.2 Å². The van der Waals surface area contributed by atoms with Crippen LogP contribution in [0, 0.1) is 0 Å². The minimum atomic E-state index is 0.715. The van der Waals surface area contributed by atoms with Crippen molar-refractivity contribution in [3.8, 4) is 17.2 Å². The van der Waals surface area contributed by atoms with E-state index in [4.69, 9.17) is 9.47 Å². The van der Waals surface area contributed by atoms with E-state index in [1.807, 2.05) is 36.4 Å². The van der Waals surface area contributed by atoms with Crippen LogP contribution in [0.15, 0.2) is 72.8 Å². The average molecular weight is 316 g/mol. The van der Waals surface area contributed by atoms with Crippen LogP contribution in [-0.4, -0.2) is 6.61 Å². The van der Waals surface area contributed by atoms with Gasteiger partial charge in [-0.2, -0.15) is 0 Å². The monoisotopic (exact) mass is 316 g/mol. The SMILES string of the molecule is c1ccc(CCCOc2cccc3c2Cc2ccccc2O3)cc1. The summed E-state index contributed by atoms with van der Waals surface area (Å²) in [6.45, 7) is 0.715. The number of hydrogen-bond donors (Lipinski definition) is 0. The van der Waals surface area contributed by atoms with E-state index in [0.717, 1.165) is 42.1 Å². The molecule has 0 saturated heterocycles. The molecule has 4 rings (SSSR count). The van der Waals surface area contributed by atoms with Crippen LogP contribution in [0.25, 0.3) is 0 Å². The lowest BCUT2D eigenvalue weighted by atomic mass is 9.99. The molecule has 24 heavy (non-hydrogen) atoms. The Morgan fingerprint density at radius 2 is 1.58 bits per heavy atom. The molecular weight excluding hydrogens is 296 g/mol. The minimum absolute atomic E-state index is 0.715. The van der Waals surface area contributed by atoms with E-state index in [1.54, 1.807) is 0 Å². The molecular formula is C22H20O2. The van der Waals surface area contributed by atoms with Crippen LogP contribution in [0.4, 0.5) is 0 Å². The van der Waals surface area contributed by atoms with E-state index in [-0.39, 0.29) is 0 Å². The molecule has 1 aliphatic heterocycles. The molecule has 0 aliphatic carbocycles. The number of aryl methyl sites for hydroxylation is 1. The van der Waals surface area contributed by atoms with Gasteiger partial charge in [-0.3, -0.25) is 0 Å². The molecule has 0 unspecified atom stereocenters. The molecule has 0 aromatic heterocycles. The third-order valence-electron chi connectivity index (χ3n) is 4.36. The minimum Gasteiger partial charge on any atom is -0.493 e. The molecule has 0 radical (unpaired) electrons. The largest absolute Gasteiger partial charge is 0.493 e. The quantitative estimate of drug-likeness (QED) is 0.459. The Hall–Kier alpha value is -2.74. The van der Waals surface area contributed by atoms with Gasteiger partial charge in [0, 0.05) is 12.0 Å². The van der Waals surface area contributed by atoms with Crippen LogP contribution >= 0.6 is 0 Å². The Balaban J connectivity index is 1.42. The first-order valence-corrected chi connectivity index (χ1v) is 8.44. The highest BCUT2D eigenvalue weighted by Gasteiger charge is 2.19. The van der Waals surface area contributed by atoms with Gasteiger partial charge in [0.05, 0.1) is 6.61 Å². The Bertz CT molecular complexity index is 824. The zero-order valence-corrected chi connectivity index (χ0v) is 13.6. The second kappa shape index (κ2) is 6.79. The van der Waals surface area contributed by atoms with Crippen molar-refractivity contribution in [2.45, 2.75) is 19.3 Å². The summed E-state index contributed by atoms with van der Waals surface area (Å²) < 4.78 is 12.1. The number of fused-ring (bicyclic) bond motifs is 2. The van der Waals surface area contributed by atoms with Gasteiger partial charge in [0.2, 0.25) is 0 Å². The summed E-state index contributed by atoms with van der Waals surface area (Å²) in [7, 11) is 0. The first-order valence-electron chi connectivity index (χ1n) is 8.44. The lowest BCUT2D eigenvalue weighted by molar-refractivity contribution is 0.305. The molecule has 2 heteroatoms. The van der Waals surface area contributed by atoms with E-state index in [0.29, 0.717) is 6.61 Å². The van der Waals surface area contributed by atoms with Crippen LogP contribution < -0.4 is 9.47 Å². The Morgan fingerprint density at radius 3 is 2.50 bits per heavy atom. The van der Waals surface area contributed by atoms with Crippen LogP contribution in [0.5, 0.6) is 17.2 Å². The summed E-state index contributed by atoms with van der Waals surface area (Å²) in [5.41, 5.74) is 3.72. The third-order valence-corrected chi connectivity index (χ3v) is 4.36. The van der Waals surface area contributed by atoms with Gasteiger partial charge in [-0.15, -0.1) is 0 Å². The highest BCUT2D eigenvalue weighted by atomic mass is 16.5. The molecule has 1 heterocycles. The van der Waals surface area contributed by atoms with Gasteiger partial charge in [-0.25, -0.2) is 0 Å². The van der Waals surface area contributed by atoms with Gasteiger partial charge in [-0.1, -0.05) is 54.6 Å². The van der Waals surface area contributed by atoms with Crippen LogP contribution in [0.2, 0.25) is 0 Å². The van der Waals surface area contributed by atoms with E-state index in [1.165, 1.54) is 11.1 Å². The van der Waals surface area contributed by atoms with Gasteiger partial charge >= 0.3 is 0 Å². The summed E-state index contributed by atoms with van der Waals surface area (Å²) in [6.07, 6.45) is 2.90. The molecule has 3 aromatic rings.